The number of hydrogen-bond donors (Lipinski definition) is 1. The number of halogens is 3. The topological polar surface area (TPSA) is 92.6 Å². The molecule has 5 rings (SSSR count). The molecule has 0 aliphatic carbocycles. The minimum atomic E-state index is -0.991. The number of rotatable bonds is 9. The summed E-state index contributed by atoms with van der Waals surface area (Å²) in [4.78, 5) is 28.2. The highest BCUT2D eigenvalue weighted by atomic mass is 35.5. The molecular formula is C29H20Cl3N3O4S2. The molecule has 1 aliphatic heterocycles. The standard InChI is InChI=1S/C29H20Cl3N3O4S2/c1-2-12-39-21-5-3-4-17(13-21)24-23(25(36)16-6-9-19(30)10-7-16)26(37)27(38)35(24)28-33-34-29(41-28)40-15-18-8-11-20(31)14-22(18)32/h2-11,13-14,24,36H,1,12,15H2. The van der Waals surface area contributed by atoms with Crippen LogP contribution < -0.4 is 9.64 Å². The summed E-state index contributed by atoms with van der Waals surface area (Å²) in [5, 5.41) is 21.5. The molecule has 1 saturated heterocycles. The highest BCUT2D eigenvalue weighted by Crippen LogP contribution is 2.44. The van der Waals surface area contributed by atoms with E-state index >= 15 is 0 Å². The Balaban J connectivity index is 1.54. The first kappa shape index (κ1) is 29.2. The van der Waals surface area contributed by atoms with Crippen molar-refractivity contribution in [3.63, 3.8) is 0 Å². The van der Waals surface area contributed by atoms with Crippen molar-refractivity contribution >= 4 is 80.5 Å². The number of ether oxygens (including phenoxy) is 1. The number of aliphatic hydroxyl groups is 1. The molecular weight excluding hydrogens is 625 g/mol. The van der Waals surface area contributed by atoms with Crippen LogP contribution >= 0.6 is 57.9 Å². The number of anilines is 1. The zero-order valence-electron chi connectivity index (χ0n) is 21.1. The first-order chi connectivity index (χ1) is 19.8. The lowest BCUT2D eigenvalue weighted by atomic mass is 9.95. The molecule has 208 valence electrons. The molecule has 0 spiro atoms. The first-order valence-corrected chi connectivity index (χ1v) is 15.0. The summed E-state index contributed by atoms with van der Waals surface area (Å²) in [6.07, 6.45) is 1.61. The lowest BCUT2D eigenvalue weighted by Gasteiger charge is -2.23. The van der Waals surface area contributed by atoms with Crippen molar-refractivity contribution in [2.24, 2.45) is 0 Å². The van der Waals surface area contributed by atoms with Gasteiger partial charge < -0.3 is 9.84 Å². The van der Waals surface area contributed by atoms with Crippen LogP contribution in [0.3, 0.4) is 0 Å². The highest BCUT2D eigenvalue weighted by Gasteiger charge is 2.48. The zero-order valence-corrected chi connectivity index (χ0v) is 25.0. The fraction of sp³-hybridized carbons (Fsp3) is 0.103. The maximum Gasteiger partial charge on any atom is 0.301 e. The van der Waals surface area contributed by atoms with Crippen LogP contribution in [0.25, 0.3) is 5.76 Å². The first-order valence-electron chi connectivity index (χ1n) is 12.1. The SMILES string of the molecule is C=CCOc1cccc(C2C(=C(O)c3ccc(Cl)cc3)C(=O)C(=O)N2c2nnc(SCc3ccc(Cl)cc3Cl)s2)c1. The lowest BCUT2D eigenvalue weighted by molar-refractivity contribution is -0.132. The van der Waals surface area contributed by atoms with Crippen molar-refractivity contribution in [2.75, 3.05) is 11.5 Å². The van der Waals surface area contributed by atoms with Crippen molar-refractivity contribution in [2.45, 2.75) is 16.1 Å². The predicted octanol–water partition coefficient (Wildman–Crippen LogP) is 7.98. The largest absolute Gasteiger partial charge is 0.507 e. The van der Waals surface area contributed by atoms with E-state index < -0.39 is 17.7 Å². The summed E-state index contributed by atoms with van der Waals surface area (Å²) in [7, 11) is 0. The van der Waals surface area contributed by atoms with Gasteiger partial charge in [-0.15, -0.1) is 10.2 Å². The number of benzene rings is 3. The van der Waals surface area contributed by atoms with Crippen molar-refractivity contribution in [1.82, 2.24) is 10.2 Å². The number of ketones is 1. The number of aliphatic hydroxyl groups excluding tert-OH is 1. The summed E-state index contributed by atoms with van der Waals surface area (Å²) < 4.78 is 6.25. The Hall–Kier alpha value is -3.34. The van der Waals surface area contributed by atoms with E-state index in [4.69, 9.17) is 39.5 Å². The Kier molecular flexibility index (Phi) is 9.01. The molecule has 12 heteroatoms. The van der Waals surface area contributed by atoms with Gasteiger partial charge in [0, 0.05) is 26.4 Å². The molecule has 0 saturated carbocycles. The summed E-state index contributed by atoms with van der Waals surface area (Å²) in [5.74, 6) is -1.02. The Morgan fingerprint density at radius 3 is 2.54 bits per heavy atom. The van der Waals surface area contributed by atoms with Crippen LogP contribution in [0.4, 0.5) is 5.13 Å². The van der Waals surface area contributed by atoms with Crippen LogP contribution in [-0.2, 0) is 15.3 Å². The van der Waals surface area contributed by atoms with E-state index in [1.807, 2.05) is 6.07 Å². The molecule has 4 aromatic rings. The number of carbonyl (C=O) groups excluding carboxylic acids is 2. The number of thioether (sulfide) groups is 1. The Bertz CT molecular complexity index is 1670. The van der Waals surface area contributed by atoms with E-state index in [-0.39, 0.29) is 23.1 Å². The van der Waals surface area contributed by atoms with Crippen LogP contribution in [0.5, 0.6) is 5.75 Å². The number of amides is 1. The fourth-order valence-electron chi connectivity index (χ4n) is 4.17. The van der Waals surface area contributed by atoms with Gasteiger partial charge in [-0.3, -0.25) is 14.5 Å². The van der Waals surface area contributed by atoms with Gasteiger partial charge in [0.2, 0.25) is 5.13 Å². The van der Waals surface area contributed by atoms with Gasteiger partial charge in [-0.25, -0.2) is 0 Å². The van der Waals surface area contributed by atoms with Crippen LogP contribution in [0, 0.1) is 0 Å². The smallest absolute Gasteiger partial charge is 0.301 e. The van der Waals surface area contributed by atoms with E-state index in [2.05, 4.69) is 16.8 Å². The molecule has 1 aliphatic rings. The van der Waals surface area contributed by atoms with Gasteiger partial charge in [-0.1, -0.05) is 88.8 Å². The van der Waals surface area contributed by atoms with Gasteiger partial charge in [-0.05, 0) is 59.7 Å². The molecule has 3 aromatic carbocycles. The van der Waals surface area contributed by atoms with Crippen LogP contribution in [0.1, 0.15) is 22.7 Å². The normalized spacial score (nSPS) is 16.3. The third-order valence-electron chi connectivity index (χ3n) is 6.07. The molecule has 1 fully saturated rings. The number of Topliss-reactive ketones (excluding diaryl/α,β-unsaturated/α-hetero) is 1. The summed E-state index contributed by atoms with van der Waals surface area (Å²) in [6.45, 7) is 3.93. The van der Waals surface area contributed by atoms with Crippen LogP contribution in [-0.4, -0.2) is 33.6 Å². The van der Waals surface area contributed by atoms with Gasteiger partial charge in [0.1, 0.15) is 18.1 Å². The second kappa shape index (κ2) is 12.7. The van der Waals surface area contributed by atoms with Gasteiger partial charge in [0.25, 0.3) is 5.78 Å². The molecule has 2 heterocycles. The second-order valence-corrected chi connectivity index (χ2v) is 12.2. The van der Waals surface area contributed by atoms with Crippen LogP contribution in [0.15, 0.2) is 89.3 Å². The third-order valence-corrected chi connectivity index (χ3v) is 9.02. The quantitative estimate of drug-likeness (QED) is 0.0493. The van der Waals surface area contributed by atoms with E-state index in [1.165, 1.54) is 16.7 Å². The third kappa shape index (κ3) is 6.29. The average Bonchev–Trinajstić information content (AvgIpc) is 3.53. The summed E-state index contributed by atoms with van der Waals surface area (Å²) in [6, 6.07) is 17.5. The Labute approximate surface area is 259 Å². The molecule has 7 nitrogen and oxygen atoms in total. The van der Waals surface area contributed by atoms with Crippen molar-refractivity contribution in [3.8, 4) is 5.75 Å². The Morgan fingerprint density at radius 2 is 1.80 bits per heavy atom. The number of hydrogen-bond acceptors (Lipinski definition) is 8. The molecule has 1 amide bonds. The summed E-state index contributed by atoms with van der Waals surface area (Å²) in [5.41, 5.74) is 1.65. The minimum Gasteiger partial charge on any atom is -0.507 e. The molecule has 0 radical (unpaired) electrons. The van der Waals surface area contributed by atoms with Crippen molar-refractivity contribution in [1.29, 1.82) is 0 Å². The van der Waals surface area contributed by atoms with Crippen LogP contribution in [0.2, 0.25) is 15.1 Å². The molecule has 41 heavy (non-hydrogen) atoms. The van der Waals surface area contributed by atoms with Gasteiger partial charge in [-0.2, -0.15) is 0 Å². The number of aromatic nitrogens is 2. The molecule has 1 aromatic heterocycles. The molecule has 1 N–H and O–H groups in total. The monoisotopic (exact) mass is 643 g/mol. The minimum absolute atomic E-state index is 0.0875. The predicted molar refractivity (Wildman–Crippen MR) is 164 cm³/mol. The molecule has 1 unspecified atom stereocenters. The molecule has 0 bridgehead atoms. The zero-order chi connectivity index (χ0) is 29.1. The average molecular weight is 645 g/mol. The fourth-order valence-corrected chi connectivity index (χ4v) is 6.73. The Morgan fingerprint density at radius 1 is 1.05 bits per heavy atom. The van der Waals surface area contributed by atoms with Gasteiger partial charge in [0.05, 0.1) is 11.6 Å². The van der Waals surface area contributed by atoms with Gasteiger partial charge in [0.15, 0.2) is 4.34 Å². The van der Waals surface area contributed by atoms with Crippen molar-refractivity contribution < 1.29 is 19.4 Å². The lowest BCUT2D eigenvalue weighted by Crippen LogP contribution is -2.29. The number of nitrogens with zero attached hydrogens (tertiary/aromatic N) is 3. The maximum atomic E-state index is 13.5. The summed E-state index contributed by atoms with van der Waals surface area (Å²) >= 11 is 20.9. The van der Waals surface area contributed by atoms with E-state index in [1.54, 1.807) is 66.7 Å². The maximum absolute atomic E-state index is 13.5. The van der Waals surface area contributed by atoms with Gasteiger partial charge >= 0.3 is 5.91 Å². The van der Waals surface area contributed by atoms with E-state index in [9.17, 15) is 14.7 Å². The van der Waals surface area contributed by atoms with E-state index in [0.29, 0.717) is 42.0 Å². The molecule has 1 atom stereocenters. The number of carbonyl (C=O) groups is 2. The highest BCUT2D eigenvalue weighted by molar-refractivity contribution is 8.00. The van der Waals surface area contributed by atoms with Crippen molar-refractivity contribution in [3.05, 3.63) is 117 Å². The van der Waals surface area contributed by atoms with E-state index in [0.717, 1.165) is 16.9 Å². The second-order valence-electron chi connectivity index (χ2n) is 8.72.